The first kappa shape index (κ1) is 10.1. The molecule has 15 heavy (non-hydrogen) atoms. The molecular formula is C12H17NO2. The normalized spacial score (nSPS) is 14.9. The van der Waals surface area contributed by atoms with Crippen molar-refractivity contribution in [3.8, 4) is 11.5 Å². The number of fused-ring (bicyclic) bond motifs is 1. The van der Waals surface area contributed by atoms with Gasteiger partial charge in [-0.2, -0.15) is 0 Å². The van der Waals surface area contributed by atoms with Crippen LogP contribution in [-0.4, -0.2) is 18.8 Å². The fraction of sp³-hybridized carbons (Fsp3) is 0.500. The molecule has 2 rings (SSSR count). The Morgan fingerprint density at radius 1 is 1.07 bits per heavy atom. The molecule has 0 fully saturated rings. The molecule has 0 spiro atoms. The molecule has 1 aliphatic heterocycles. The minimum absolute atomic E-state index is 0.0593. The van der Waals surface area contributed by atoms with Crippen LogP contribution in [-0.2, 0) is 0 Å². The fourth-order valence-corrected chi connectivity index (χ4v) is 1.55. The molecule has 1 aromatic carbocycles. The van der Waals surface area contributed by atoms with Crippen molar-refractivity contribution in [3.63, 3.8) is 0 Å². The van der Waals surface area contributed by atoms with E-state index in [1.807, 2.05) is 18.2 Å². The lowest BCUT2D eigenvalue weighted by molar-refractivity contribution is 0.171. The van der Waals surface area contributed by atoms with Crippen LogP contribution in [0.25, 0.3) is 0 Å². The summed E-state index contributed by atoms with van der Waals surface area (Å²) in [7, 11) is 0. The van der Waals surface area contributed by atoms with Gasteiger partial charge in [0.2, 0.25) is 0 Å². The summed E-state index contributed by atoms with van der Waals surface area (Å²) in [6.07, 6.45) is 0. The molecule has 1 aromatic rings. The van der Waals surface area contributed by atoms with E-state index in [2.05, 4.69) is 26.1 Å². The predicted octanol–water partition coefficient (Wildman–Crippen LogP) is 2.67. The van der Waals surface area contributed by atoms with Crippen molar-refractivity contribution in [3.05, 3.63) is 18.2 Å². The largest absolute Gasteiger partial charge is 0.486 e. The lowest BCUT2D eigenvalue weighted by atomic mass is 10.1. The number of anilines is 1. The second-order valence-electron chi connectivity index (χ2n) is 4.73. The monoisotopic (exact) mass is 207 g/mol. The summed E-state index contributed by atoms with van der Waals surface area (Å²) in [4.78, 5) is 0. The molecular weight excluding hydrogens is 190 g/mol. The first-order chi connectivity index (χ1) is 7.04. The SMILES string of the molecule is CC(C)(C)Nc1ccc2c(c1)OCCO2. The van der Waals surface area contributed by atoms with E-state index in [-0.39, 0.29) is 5.54 Å². The summed E-state index contributed by atoms with van der Waals surface area (Å²) < 4.78 is 11.0. The zero-order chi connectivity index (χ0) is 10.9. The van der Waals surface area contributed by atoms with Gasteiger partial charge < -0.3 is 14.8 Å². The third-order valence-electron chi connectivity index (χ3n) is 2.06. The Labute approximate surface area is 90.4 Å². The van der Waals surface area contributed by atoms with Gasteiger partial charge in [0.25, 0.3) is 0 Å². The molecule has 0 radical (unpaired) electrons. The second-order valence-corrected chi connectivity index (χ2v) is 4.73. The van der Waals surface area contributed by atoms with Gasteiger partial charge in [-0.15, -0.1) is 0 Å². The van der Waals surface area contributed by atoms with Crippen molar-refractivity contribution >= 4 is 5.69 Å². The van der Waals surface area contributed by atoms with Crippen LogP contribution in [0.3, 0.4) is 0 Å². The minimum Gasteiger partial charge on any atom is -0.486 e. The Hall–Kier alpha value is -1.38. The number of ether oxygens (including phenoxy) is 2. The average molecular weight is 207 g/mol. The molecule has 0 saturated heterocycles. The molecule has 3 nitrogen and oxygen atoms in total. The van der Waals surface area contributed by atoms with Gasteiger partial charge in [-0.05, 0) is 32.9 Å². The van der Waals surface area contributed by atoms with Gasteiger partial charge in [0.1, 0.15) is 13.2 Å². The van der Waals surface area contributed by atoms with Crippen molar-refractivity contribution in [2.75, 3.05) is 18.5 Å². The highest BCUT2D eigenvalue weighted by molar-refractivity contribution is 5.56. The lowest BCUT2D eigenvalue weighted by Gasteiger charge is -2.24. The zero-order valence-electron chi connectivity index (χ0n) is 9.46. The van der Waals surface area contributed by atoms with Crippen LogP contribution in [0.4, 0.5) is 5.69 Å². The number of hydrogen-bond donors (Lipinski definition) is 1. The quantitative estimate of drug-likeness (QED) is 0.768. The molecule has 0 aliphatic carbocycles. The maximum absolute atomic E-state index is 5.51. The van der Waals surface area contributed by atoms with Gasteiger partial charge in [0, 0.05) is 17.3 Å². The average Bonchev–Trinajstić information content (AvgIpc) is 2.15. The number of hydrogen-bond acceptors (Lipinski definition) is 3. The van der Waals surface area contributed by atoms with E-state index in [1.54, 1.807) is 0 Å². The summed E-state index contributed by atoms with van der Waals surface area (Å²) >= 11 is 0. The van der Waals surface area contributed by atoms with Crippen molar-refractivity contribution in [2.24, 2.45) is 0 Å². The Kier molecular flexibility index (Phi) is 2.47. The van der Waals surface area contributed by atoms with E-state index >= 15 is 0 Å². The maximum Gasteiger partial charge on any atom is 0.163 e. The Morgan fingerprint density at radius 2 is 1.73 bits per heavy atom. The fourth-order valence-electron chi connectivity index (χ4n) is 1.55. The minimum atomic E-state index is 0.0593. The smallest absolute Gasteiger partial charge is 0.163 e. The number of benzene rings is 1. The van der Waals surface area contributed by atoms with E-state index in [9.17, 15) is 0 Å². The van der Waals surface area contributed by atoms with Gasteiger partial charge >= 0.3 is 0 Å². The lowest BCUT2D eigenvalue weighted by Crippen LogP contribution is -2.26. The summed E-state index contributed by atoms with van der Waals surface area (Å²) in [6, 6.07) is 5.95. The zero-order valence-corrected chi connectivity index (χ0v) is 9.46. The van der Waals surface area contributed by atoms with Crippen molar-refractivity contribution in [1.29, 1.82) is 0 Å². The van der Waals surface area contributed by atoms with Gasteiger partial charge in [-0.1, -0.05) is 0 Å². The van der Waals surface area contributed by atoms with Gasteiger partial charge in [-0.25, -0.2) is 0 Å². The highest BCUT2D eigenvalue weighted by Gasteiger charge is 2.14. The topological polar surface area (TPSA) is 30.5 Å². The molecule has 82 valence electrons. The van der Waals surface area contributed by atoms with Crippen molar-refractivity contribution in [2.45, 2.75) is 26.3 Å². The summed E-state index contributed by atoms with van der Waals surface area (Å²) in [5, 5.41) is 3.40. The Morgan fingerprint density at radius 3 is 2.40 bits per heavy atom. The first-order valence-corrected chi connectivity index (χ1v) is 5.22. The van der Waals surface area contributed by atoms with E-state index in [0.29, 0.717) is 13.2 Å². The molecule has 0 bridgehead atoms. The second kappa shape index (κ2) is 3.65. The summed E-state index contributed by atoms with van der Waals surface area (Å²) in [5.41, 5.74) is 1.12. The van der Waals surface area contributed by atoms with Crippen LogP contribution >= 0.6 is 0 Å². The maximum atomic E-state index is 5.51. The molecule has 0 amide bonds. The summed E-state index contributed by atoms with van der Waals surface area (Å²) in [5.74, 6) is 1.66. The van der Waals surface area contributed by atoms with E-state index in [1.165, 1.54) is 0 Å². The highest BCUT2D eigenvalue weighted by atomic mass is 16.6. The van der Waals surface area contributed by atoms with Crippen LogP contribution in [0, 0.1) is 0 Å². The van der Waals surface area contributed by atoms with Crippen LogP contribution < -0.4 is 14.8 Å². The Balaban J connectivity index is 2.21. The third kappa shape index (κ3) is 2.55. The number of nitrogens with one attached hydrogen (secondary N) is 1. The highest BCUT2D eigenvalue weighted by Crippen LogP contribution is 2.33. The number of rotatable bonds is 1. The first-order valence-electron chi connectivity index (χ1n) is 5.22. The van der Waals surface area contributed by atoms with E-state index < -0.39 is 0 Å². The molecule has 1 N–H and O–H groups in total. The predicted molar refractivity (Wildman–Crippen MR) is 60.8 cm³/mol. The van der Waals surface area contributed by atoms with E-state index in [0.717, 1.165) is 17.2 Å². The van der Waals surface area contributed by atoms with Gasteiger partial charge in [-0.3, -0.25) is 0 Å². The van der Waals surface area contributed by atoms with Crippen molar-refractivity contribution in [1.82, 2.24) is 0 Å². The van der Waals surface area contributed by atoms with Crippen LogP contribution in [0.15, 0.2) is 18.2 Å². The molecule has 1 aliphatic rings. The van der Waals surface area contributed by atoms with Crippen molar-refractivity contribution < 1.29 is 9.47 Å². The molecule has 0 atom stereocenters. The van der Waals surface area contributed by atoms with Gasteiger partial charge in [0.05, 0.1) is 0 Å². The third-order valence-corrected chi connectivity index (χ3v) is 2.06. The van der Waals surface area contributed by atoms with Gasteiger partial charge in [0.15, 0.2) is 11.5 Å². The van der Waals surface area contributed by atoms with Crippen LogP contribution in [0.1, 0.15) is 20.8 Å². The Bertz CT molecular complexity index is 355. The molecule has 0 unspecified atom stereocenters. The van der Waals surface area contributed by atoms with E-state index in [4.69, 9.17) is 9.47 Å². The van der Waals surface area contributed by atoms with Crippen LogP contribution in [0.2, 0.25) is 0 Å². The molecule has 0 aromatic heterocycles. The van der Waals surface area contributed by atoms with Crippen LogP contribution in [0.5, 0.6) is 11.5 Å². The molecule has 1 heterocycles. The summed E-state index contributed by atoms with van der Waals surface area (Å²) in [6.45, 7) is 7.66. The molecule has 0 saturated carbocycles. The standard InChI is InChI=1S/C12H17NO2/c1-12(2,3)13-9-4-5-10-11(8-9)15-7-6-14-10/h4-5,8,13H,6-7H2,1-3H3. The molecule has 3 heteroatoms.